The first-order chi connectivity index (χ1) is 15.9. The molecule has 1 aliphatic carbocycles. The second kappa shape index (κ2) is 7.02. The minimum Gasteiger partial charge on any atom is -0.277 e. The molecule has 176 valence electrons. The van der Waals surface area contributed by atoms with Crippen LogP contribution in [0.4, 0.5) is 29.3 Å². The maximum atomic E-state index is 13.6. The fraction of sp³-hybridized carbons (Fsp3) is 0.261. The summed E-state index contributed by atoms with van der Waals surface area (Å²) in [5, 5.41) is 0.690. The number of carbonyl (C=O) groups is 2. The number of alkyl halides is 3. The van der Waals surface area contributed by atoms with Crippen LogP contribution in [-0.4, -0.2) is 36.4 Å². The molecule has 2 heterocycles. The summed E-state index contributed by atoms with van der Waals surface area (Å²) >= 11 is 0. The summed E-state index contributed by atoms with van der Waals surface area (Å²) in [6.07, 6.45) is 1.98. The molecule has 2 fully saturated rings. The quantitative estimate of drug-likeness (QED) is 0.503. The zero-order valence-corrected chi connectivity index (χ0v) is 18.8. The van der Waals surface area contributed by atoms with Crippen molar-refractivity contribution < 1.29 is 31.2 Å². The van der Waals surface area contributed by atoms with E-state index >= 15 is 0 Å². The third-order valence-corrected chi connectivity index (χ3v) is 8.03. The van der Waals surface area contributed by atoms with Gasteiger partial charge in [0.05, 0.1) is 21.8 Å². The second-order valence-corrected chi connectivity index (χ2v) is 10.5. The maximum absolute atomic E-state index is 13.6. The van der Waals surface area contributed by atoms with Crippen LogP contribution in [0.1, 0.15) is 18.9 Å². The Labute approximate surface area is 192 Å². The Balaban J connectivity index is 1.60. The van der Waals surface area contributed by atoms with Gasteiger partial charge in [-0.25, -0.2) is 18.1 Å². The predicted octanol–water partition coefficient (Wildman–Crippen LogP) is 4.59. The van der Waals surface area contributed by atoms with Gasteiger partial charge in [0.25, 0.3) is 15.7 Å². The van der Waals surface area contributed by atoms with Crippen molar-refractivity contribution >= 4 is 44.1 Å². The number of para-hydroxylation sites is 1. The molecular weight excluding hydrogens is 471 g/mol. The van der Waals surface area contributed by atoms with Gasteiger partial charge in [-0.2, -0.15) is 13.2 Å². The molecule has 1 aliphatic heterocycles. The highest BCUT2D eigenvalue weighted by Gasteiger charge is 2.70. The molecule has 2 atom stereocenters. The fourth-order valence-corrected chi connectivity index (χ4v) is 5.38. The average Bonchev–Trinajstić information content (AvgIpc) is 3.39. The molecule has 2 aromatic carbocycles. The Morgan fingerprint density at radius 3 is 2.29 bits per heavy atom. The number of sulfone groups is 1. The smallest absolute Gasteiger partial charge is 0.277 e. The van der Waals surface area contributed by atoms with E-state index in [4.69, 9.17) is 0 Å². The highest BCUT2D eigenvalue weighted by atomic mass is 32.2. The van der Waals surface area contributed by atoms with Gasteiger partial charge in [-0.05, 0) is 55.2 Å². The van der Waals surface area contributed by atoms with Gasteiger partial charge in [0.1, 0.15) is 5.54 Å². The standard InChI is InChI=1S/C23H18F3N3O4S/c1-13-4-3-5-17-18(10-11-27-19(13)17)29-21(31)28(20(30)22(29)12-14(22)2)15-6-8-16(9-7-15)34(32,33)23(24,25)26/h3-11,14H,12H2,1-2H3. The molecule has 7 nitrogen and oxygen atoms in total. The van der Waals surface area contributed by atoms with E-state index < -0.39 is 37.7 Å². The van der Waals surface area contributed by atoms with E-state index in [0.29, 0.717) is 23.0 Å². The number of urea groups is 1. The summed E-state index contributed by atoms with van der Waals surface area (Å²) in [7, 11) is -5.55. The van der Waals surface area contributed by atoms with Gasteiger partial charge in [-0.1, -0.05) is 25.1 Å². The van der Waals surface area contributed by atoms with Gasteiger partial charge in [0.15, 0.2) is 0 Å². The molecule has 1 saturated carbocycles. The maximum Gasteiger partial charge on any atom is 0.501 e. The van der Waals surface area contributed by atoms with E-state index in [-0.39, 0.29) is 11.6 Å². The number of pyridine rings is 1. The number of aryl methyl sites for hydroxylation is 1. The Morgan fingerprint density at radius 1 is 1.06 bits per heavy atom. The molecule has 1 spiro atoms. The summed E-state index contributed by atoms with van der Waals surface area (Å²) < 4.78 is 62.0. The highest BCUT2D eigenvalue weighted by molar-refractivity contribution is 7.92. The molecule has 34 heavy (non-hydrogen) atoms. The van der Waals surface area contributed by atoms with E-state index in [1.165, 1.54) is 4.90 Å². The molecule has 3 amide bonds. The van der Waals surface area contributed by atoms with Crippen LogP contribution in [0, 0.1) is 12.8 Å². The summed E-state index contributed by atoms with van der Waals surface area (Å²) in [6, 6.07) is 10.1. The summed E-state index contributed by atoms with van der Waals surface area (Å²) in [6.45, 7) is 3.73. The zero-order chi connectivity index (χ0) is 24.6. The molecule has 0 bridgehead atoms. The first kappa shape index (κ1) is 22.3. The number of fused-ring (bicyclic) bond motifs is 1. The van der Waals surface area contributed by atoms with Crippen molar-refractivity contribution in [2.24, 2.45) is 5.92 Å². The van der Waals surface area contributed by atoms with Gasteiger partial charge >= 0.3 is 11.5 Å². The van der Waals surface area contributed by atoms with E-state index in [9.17, 15) is 31.2 Å². The van der Waals surface area contributed by atoms with Gasteiger partial charge in [-0.3, -0.25) is 14.7 Å². The van der Waals surface area contributed by atoms with Gasteiger partial charge in [-0.15, -0.1) is 0 Å². The molecule has 2 aliphatic rings. The Morgan fingerprint density at radius 2 is 1.71 bits per heavy atom. The lowest BCUT2D eigenvalue weighted by molar-refractivity contribution is -0.119. The SMILES string of the molecule is Cc1cccc2c(N3C(=O)N(c4ccc(S(=O)(=O)C(F)(F)F)cc4)C(=O)C34CC4C)ccnc12. The van der Waals surface area contributed by atoms with Gasteiger partial charge < -0.3 is 0 Å². The number of rotatable bonds is 3. The number of hydrogen-bond donors (Lipinski definition) is 0. The normalized spacial score (nSPS) is 22.8. The van der Waals surface area contributed by atoms with Crippen LogP contribution in [0.3, 0.4) is 0 Å². The van der Waals surface area contributed by atoms with E-state index in [0.717, 1.165) is 34.7 Å². The van der Waals surface area contributed by atoms with Crippen LogP contribution in [-0.2, 0) is 14.6 Å². The molecule has 1 aromatic heterocycles. The minimum atomic E-state index is -5.55. The van der Waals surface area contributed by atoms with Crippen LogP contribution in [0.15, 0.2) is 59.6 Å². The number of hydrogen-bond acceptors (Lipinski definition) is 5. The number of imide groups is 1. The Bertz CT molecular complexity index is 1470. The molecule has 5 rings (SSSR count). The van der Waals surface area contributed by atoms with E-state index in [2.05, 4.69) is 4.98 Å². The summed E-state index contributed by atoms with van der Waals surface area (Å²) in [5.41, 5.74) is -4.50. The first-order valence-corrected chi connectivity index (χ1v) is 11.8. The fourth-order valence-electron chi connectivity index (χ4n) is 4.62. The van der Waals surface area contributed by atoms with Crippen molar-refractivity contribution in [3.05, 3.63) is 60.3 Å². The molecule has 0 radical (unpaired) electrons. The molecule has 3 aromatic rings. The third kappa shape index (κ3) is 2.89. The Kier molecular flexibility index (Phi) is 4.61. The molecule has 2 unspecified atom stereocenters. The lowest BCUT2D eigenvalue weighted by atomic mass is 10.1. The molecule has 1 saturated heterocycles. The highest BCUT2D eigenvalue weighted by Crippen LogP contribution is 2.56. The van der Waals surface area contributed by atoms with Crippen molar-refractivity contribution in [2.45, 2.75) is 36.2 Å². The van der Waals surface area contributed by atoms with Crippen molar-refractivity contribution in [2.75, 3.05) is 9.80 Å². The third-order valence-electron chi connectivity index (χ3n) is 6.53. The lowest BCUT2D eigenvalue weighted by Gasteiger charge is -2.24. The average molecular weight is 489 g/mol. The van der Waals surface area contributed by atoms with Crippen LogP contribution < -0.4 is 9.80 Å². The number of carbonyl (C=O) groups excluding carboxylic acids is 2. The minimum absolute atomic E-state index is 0.00774. The van der Waals surface area contributed by atoms with Crippen molar-refractivity contribution in [3.8, 4) is 0 Å². The van der Waals surface area contributed by atoms with Crippen LogP contribution in [0.25, 0.3) is 10.9 Å². The molecule has 0 N–H and O–H groups in total. The topological polar surface area (TPSA) is 87.7 Å². The molecule has 11 heteroatoms. The van der Waals surface area contributed by atoms with Crippen molar-refractivity contribution in [1.82, 2.24) is 4.98 Å². The van der Waals surface area contributed by atoms with Crippen LogP contribution in [0.2, 0.25) is 0 Å². The van der Waals surface area contributed by atoms with Crippen molar-refractivity contribution in [3.63, 3.8) is 0 Å². The zero-order valence-electron chi connectivity index (χ0n) is 18.0. The number of benzene rings is 2. The predicted molar refractivity (Wildman–Crippen MR) is 118 cm³/mol. The van der Waals surface area contributed by atoms with Crippen molar-refractivity contribution in [1.29, 1.82) is 0 Å². The molecular formula is C23H18F3N3O4S. The summed E-state index contributed by atoms with van der Waals surface area (Å²) in [5.74, 6) is -0.652. The van der Waals surface area contributed by atoms with Gasteiger partial charge in [0.2, 0.25) is 0 Å². The largest absolute Gasteiger partial charge is 0.501 e. The Hall–Kier alpha value is -3.47. The van der Waals surface area contributed by atoms with Gasteiger partial charge in [0, 0.05) is 11.6 Å². The van der Waals surface area contributed by atoms with Crippen LogP contribution >= 0.6 is 0 Å². The van der Waals surface area contributed by atoms with Crippen LogP contribution in [0.5, 0.6) is 0 Å². The number of aromatic nitrogens is 1. The number of amides is 3. The number of halogens is 3. The van der Waals surface area contributed by atoms with E-state index in [1.807, 2.05) is 32.0 Å². The first-order valence-electron chi connectivity index (χ1n) is 10.4. The lowest BCUT2D eigenvalue weighted by Crippen LogP contribution is -2.39. The monoisotopic (exact) mass is 489 g/mol. The summed E-state index contributed by atoms with van der Waals surface area (Å²) in [4.78, 5) is 32.8. The number of anilines is 2. The number of nitrogens with zero attached hydrogens (tertiary/aromatic N) is 3. The second-order valence-electron chi connectivity index (χ2n) is 8.53. The van der Waals surface area contributed by atoms with E-state index in [1.54, 1.807) is 12.3 Å².